The van der Waals surface area contributed by atoms with Crippen molar-refractivity contribution < 1.29 is 14.6 Å². The molecule has 0 saturated carbocycles. The fraction of sp³-hybridized carbons (Fsp3) is 0.316. The van der Waals surface area contributed by atoms with E-state index in [1.54, 1.807) is 31.5 Å². The summed E-state index contributed by atoms with van der Waals surface area (Å²) in [5, 5.41) is 9.89. The summed E-state index contributed by atoms with van der Waals surface area (Å²) >= 11 is 0. The maximum absolute atomic E-state index is 9.89. The van der Waals surface area contributed by atoms with Gasteiger partial charge in [-0.15, -0.1) is 0 Å². The zero-order chi connectivity index (χ0) is 16.5. The van der Waals surface area contributed by atoms with E-state index in [0.717, 1.165) is 24.5 Å². The molecule has 2 rings (SSSR count). The third-order valence-corrected chi connectivity index (χ3v) is 3.44. The summed E-state index contributed by atoms with van der Waals surface area (Å²) in [5.74, 6) is 1.61. The van der Waals surface area contributed by atoms with Gasteiger partial charge in [-0.05, 0) is 42.8 Å². The number of hydrogen-bond acceptors (Lipinski definition) is 4. The van der Waals surface area contributed by atoms with Crippen LogP contribution >= 0.6 is 0 Å². The fourth-order valence-corrected chi connectivity index (χ4v) is 2.07. The zero-order valence-corrected chi connectivity index (χ0v) is 13.7. The number of aliphatic imine (C=N–C) groups is 1. The monoisotopic (exact) mass is 313 g/mol. The Morgan fingerprint density at radius 2 is 1.78 bits per heavy atom. The molecule has 23 heavy (non-hydrogen) atoms. The lowest BCUT2D eigenvalue weighted by molar-refractivity contribution is 0.306. The van der Waals surface area contributed by atoms with E-state index in [-0.39, 0.29) is 5.75 Å². The third-order valence-electron chi connectivity index (χ3n) is 3.44. The number of methoxy groups -OCH3 is 1. The van der Waals surface area contributed by atoms with Crippen LogP contribution in [0.1, 0.15) is 31.7 Å². The Kier molecular flexibility index (Phi) is 6.48. The molecule has 0 bridgehead atoms. The summed E-state index contributed by atoms with van der Waals surface area (Å²) in [4.78, 5) is 4.36. The first kappa shape index (κ1) is 16.9. The molecular formula is C19H23NO3. The van der Waals surface area contributed by atoms with Gasteiger partial charge in [-0.2, -0.15) is 0 Å². The van der Waals surface area contributed by atoms with Crippen LogP contribution in [0.3, 0.4) is 0 Å². The van der Waals surface area contributed by atoms with Gasteiger partial charge in [0.25, 0.3) is 0 Å². The third kappa shape index (κ3) is 5.33. The molecular weight excluding hydrogens is 290 g/mol. The number of aromatic hydroxyl groups is 1. The summed E-state index contributed by atoms with van der Waals surface area (Å²) < 4.78 is 10.7. The maximum Gasteiger partial charge on any atom is 0.128 e. The number of phenolic OH excluding ortho intramolecular Hbond substituents is 1. The Hall–Kier alpha value is -2.49. The van der Waals surface area contributed by atoms with Crippen molar-refractivity contribution in [2.45, 2.75) is 26.2 Å². The highest BCUT2D eigenvalue weighted by Crippen LogP contribution is 2.23. The number of benzene rings is 2. The molecule has 0 unspecified atom stereocenters. The van der Waals surface area contributed by atoms with Crippen molar-refractivity contribution in [3.63, 3.8) is 0 Å². The molecule has 1 N–H and O–H groups in total. The highest BCUT2D eigenvalue weighted by atomic mass is 16.5. The number of hydrogen-bond donors (Lipinski definition) is 1. The molecule has 0 aliphatic rings. The first-order valence-corrected chi connectivity index (χ1v) is 7.87. The lowest BCUT2D eigenvalue weighted by Crippen LogP contribution is -1.96. The molecule has 0 heterocycles. The van der Waals surface area contributed by atoms with Crippen LogP contribution < -0.4 is 9.47 Å². The lowest BCUT2D eigenvalue weighted by atomic mass is 10.2. The minimum absolute atomic E-state index is 0.143. The van der Waals surface area contributed by atoms with Gasteiger partial charge in [0.15, 0.2) is 0 Å². The van der Waals surface area contributed by atoms with E-state index in [9.17, 15) is 5.11 Å². The van der Waals surface area contributed by atoms with Crippen LogP contribution in [0.2, 0.25) is 0 Å². The molecule has 0 amide bonds. The molecule has 0 aliphatic heterocycles. The van der Waals surface area contributed by atoms with Gasteiger partial charge < -0.3 is 14.6 Å². The zero-order valence-electron chi connectivity index (χ0n) is 13.7. The predicted octanol–water partition coefficient (Wildman–Crippen LogP) is 4.72. The van der Waals surface area contributed by atoms with E-state index >= 15 is 0 Å². The highest BCUT2D eigenvalue weighted by Gasteiger charge is 2.00. The van der Waals surface area contributed by atoms with E-state index in [2.05, 4.69) is 11.9 Å². The van der Waals surface area contributed by atoms with Crippen LogP contribution in [0.5, 0.6) is 17.2 Å². The SMILES string of the molecule is CCCCCOc1ccc(N=Cc2ccc(OC)cc2O)cc1. The molecule has 0 aliphatic carbocycles. The Morgan fingerprint density at radius 3 is 2.43 bits per heavy atom. The van der Waals surface area contributed by atoms with Gasteiger partial charge in [0, 0.05) is 17.8 Å². The van der Waals surface area contributed by atoms with E-state index in [0.29, 0.717) is 11.3 Å². The molecule has 4 heteroatoms. The molecule has 2 aromatic carbocycles. The number of nitrogens with zero attached hydrogens (tertiary/aromatic N) is 1. The van der Waals surface area contributed by atoms with E-state index in [4.69, 9.17) is 9.47 Å². The van der Waals surface area contributed by atoms with Crippen LogP contribution in [0.25, 0.3) is 0 Å². The fourth-order valence-electron chi connectivity index (χ4n) is 2.07. The van der Waals surface area contributed by atoms with Gasteiger partial charge in [-0.1, -0.05) is 19.8 Å². The normalized spacial score (nSPS) is 10.9. The topological polar surface area (TPSA) is 51.0 Å². The van der Waals surface area contributed by atoms with Crippen molar-refractivity contribution in [3.8, 4) is 17.2 Å². The van der Waals surface area contributed by atoms with Gasteiger partial charge in [0.2, 0.25) is 0 Å². The Morgan fingerprint density at radius 1 is 1.04 bits per heavy atom. The summed E-state index contributed by atoms with van der Waals surface area (Å²) in [6.45, 7) is 2.92. The Bertz CT molecular complexity index is 636. The number of unbranched alkanes of at least 4 members (excludes halogenated alkanes) is 2. The summed E-state index contributed by atoms with van der Waals surface area (Å²) in [7, 11) is 1.56. The average Bonchev–Trinajstić information content (AvgIpc) is 2.58. The summed E-state index contributed by atoms with van der Waals surface area (Å²) in [6, 6.07) is 12.7. The highest BCUT2D eigenvalue weighted by molar-refractivity contribution is 5.85. The van der Waals surface area contributed by atoms with Gasteiger partial charge in [0.1, 0.15) is 17.2 Å². The molecule has 0 atom stereocenters. The molecule has 0 spiro atoms. The minimum Gasteiger partial charge on any atom is -0.507 e. The second-order valence-electron chi connectivity index (χ2n) is 5.23. The van der Waals surface area contributed by atoms with Gasteiger partial charge in [0.05, 0.1) is 19.4 Å². The maximum atomic E-state index is 9.89. The molecule has 0 fully saturated rings. The summed E-state index contributed by atoms with van der Waals surface area (Å²) in [6.07, 6.45) is 5.09. The van der Waals surface area contributed by atoms with Crippen molar-refractivity contribution >= 4 is 11.9 Å². The van der Waals surface area contributed by atoms with Crippen LogP contribution in [-0.2, 0) is 0 Å². The number of rotatable bonds is 8. The quantitative estimate of drug-likeness (QED) is 0.566. The van der Waals surface area contributed by atoms with Crippen LogP contribution in [-0.4, -0.2) is 25.0 Å². The average molecular weight is 313 g/mol. The van der Waals surface area contributed by atoms with Crippen LogP contribution in [0, 0.1) is 0 Å². The second kappa shape index (κ2) is 8.83. The van der Waals surface area contributed by atoms with Crippen molar-refractivity contribution in [1.29, 1.82) is 0 Å². The Labute approximate surface area is 137 Å². The lowest BCUT2D eigenvalue weighted by Gasteiger charge is -2.05. The van der Waals surface area contributed by atoms with Crippen LogP contribution in [0.15, 0.2) is 47.5 Å². The van der Waals surface area contributed by atoms with Gasteiger partial charge >= 0.3 is 0 Å². The molecule has 4 nitrogen and oxygen atoms in total. The first-order valence-electron chi connectivity index (χ1n) is 7.87. The Balaban J connectivity index is 1.95. The molecule has 0 saturated heterocycles. The standard InChI is InChI=1S/C19H23NO3/c1-3-4-5-12-23-17-10-7-16(8-11-17)20-14-15-6-9-18(22-2)13-19(15)21/h6-11,13-14,21H,3-5,12H2,1-2H3. The van der Waals surface area contributed by atoms with Gasteiger partial charge in [-0.25, -0.2) is 0 Å². The van der Waals surface area contributed by atoms with Gasteiger partial charge in [-0.3, -0.25) is 4.99 Å². The van der Waals surface area contributed by atoms with E-state index < -0.39 is 0 Å². The minimum atomic E-state index is 0.143. The number of phenols is 1. The van der Waals surface area contributed by atoms with Crippen molar-refractivity contribution in [3.05, 3.63) is 48.0 Å². The smallest absolute Gasteiger partial charge is 0.128 e. The predicted molar refractivity (Wildman–Crippen MR) is 93.4 cm³/mol. The molecule has 0 aromatic heterocycles. The van der Waals surface area contributed by atoms with Crippen molar-refractivity contribution in [2.75, 3.05) is 13.7 Å². The first-order chi connectivity index (χ1) is 11.2. The van der Waals surface area contributed by atoms with Crippen molar-refractivity contribution in [1.82, 2.24) is 0 Å². The summed E-state index contributed by atoms with van der Waals surface area (Å²) in [5.41, 5.74) is 1.45. The second-order valence-corrected chi connectivity index (χ2v) is 5.23. The molecule has 122 valence electrons. The van der Waals surface area contributed by atoms with Crippen LogP contribution in [0.4, 0.5) is 5.69 Å². The van der Waals surface area contributed by atoms with E-state index in [1.165, 1.54) is 12.8 Å². The largest absolute Gasteiger partial charge is 0.507 e. The molecule has 0 radical (unpaired) electrons. The van der Waals surface area contributed by atoms with E-state index in [1.807, 2.05) is 24.3 Å². The number of ether oxygens (including phenoxy) is 2. The van der Waals surface area contributed by atoms with Crippen molar-refractivity contribution in [2.24, 2.45) is 4.99 Å². The molecule has 2 aromatic rings.